The Bertz CT molecular complexity index is 6330. The molecule has 0 saturated carbocycles. The first-order chi connectivity index (χ1) is 59.8. The molecule has 51 nitrogen and oxygen atoms in total. The number of imidazole rings is 2. The van der Waals surface area contributed by atoms with E-state index in [1.807, 2.05) is 20.8 Å². The molecule has 6 fully saturated rings. The minimum absolute atomic E-state index is 0.0418. The van der Waals surface area contributed by atoms with Gasteiger partial charge < -0.3 is 110 Å². The van der Waals surface area contributed by atoms with Gasteiger partial charge in [-0.2, -0.15) is 4.98 Å². The van der Waals surface area contributed by atoms with Crippen molar-refractivity contribution in [3.8, 4) is 0 Å². The lowest BCUT2D eigenvalue weighted by molar-refractivity contribution is -0.0565. The Kier molecular flexibility index (Phi) is 31.2. The zero-order valence-corrected chi connectivity index (χ0v) is 78.2. The number of anilines is 2. The highest BCUT2D eigenvalue weighted by atomic mass is 32.7. The number of nitrogens with two attached hydrogens (primary N) is 2. The van der Waals surface area contributed by atoms with Crippen molar-refractivity contribution in [3.05, 3.63) is 160 Å². The number of rotatable bonds is 35. The van der Waals surface area contributed by atoms with Crippen molar-refractivity contribution in [2.24, 2.45) is 0 Å². The molecule has 14 N–H and O–H groups in total. The van der Waals surface area contributed by atoms with Gasteiger partial charge in [-0.3, -0.25) is 85.3 Å². The normalized spacial score (nSPS) is 29.0. The minimum atomic E-state index is -4.79. The number of nitrogens with one attached hydrogen (secondary N) is 5. The van der Waals surface area contributed by atoms with Gasteiger partial charge in [0.2, 0.25) is 5.95 Å². The summed E-state index contributed by atoms with van der Waals surface area (Å²) in [5.74, 6) is -0.171. The molecule has 6 aliphatic rings. The molecule has 63 heteroatoms. The number of nitrogen functional groups attached to an aromatic ring is 2. The first-order valence-electron chi connectivity index (χ1n) is 38.5. The number of hydrogen-bond donors (Lipinski definition) is 13. The van der Waals surface area contributed by atoms with Crippen LogP contribution in [0.5, 0.6) is 0 Å². The molecule has 0 aliphatic carbocycles. The van der Waals surface area contributed by atoms with Crippen LogP contribution in [0.4, 0.5) is 11.8 Å². The van der Waals surface area contributed by atoms with E-state index in [4.69, 9.17) is 153 Å². The van der Waals surface area contributed by atoms with Crippen molar-refractivity contribution in [1.29, 1.82) is 0 Å². The molecule has 6 unspecified atom stereocenters. The lowest BCUT2D eigenvalue weighted by Crippen LogP contribution is -2.33. The fourth-order valence-corrected chi connectivity index (χ4v) is 22.9. The number of fused-ring (bicyclic) bond motifs is 2. The third-order valence-electron chi connectivity index (χ3n) is 20.6. The van der Waals surface area contributed by atoms with E-state index in [9.17, 15) is 72.2 Å². The van der Waals surface area contributed by atoms with E-state index in [1.165, 1.54) is 76.0 Å². The Morgan fingerprint density at radius 3 is 1.05 bits per heavy atom. The maximum atomic E-state index is 14.7. The molecular formula is C64H88N18O33P6S6. The molecule has 0 amide bonds. The van der Waals surface area contributed by atoms with Gasteiger partial charge in [0.15, 0.2) is 22.6 Å². The Labute approximate surface area is 745 Å². The van der Waals surface area contributed by atoms with Gasteiger partial charge in [0.05, 0.1) is 82.3 Å². The molecule has 6 aliphatic heterocycles. The van der Waals surface area contributed by atoms with Gasteiger partial charge >= 0.3 is 63.1 Å². The lowest BCUT2D eigenvalue weighted by Gasteiger charge is -2.28. The van der Waals surface area contributed by atoms with Crippen LogP contribution in [0.15, 0.2) is 86.9 Å². The predicted octanol–water partition coefficient (Wildman–Crippen LogP) is 1.88. The van der Waals surface area contributed by atoms with E-state index in [1.54, 1.807) is 4.57 Å². The van der Waals surface area contributed by atoms with Gasteiger partial charge in [-0.05, 0) is 93.2 Å². The molecule has 127 heavy (non-hydrogen) atoms. The van der Waals surface area contributed by atoms with Crippen molar-refractivity contribution in [3.63, 3.8) is 0 Å². The average molecular weight is 2020 g/mol. The standard InChI is InChI=1S/C62H82N18O33P6S6.C2H6/c1-7-30-31(8-46(102-30)79-24-67-48-50(63)65-23-66-51(48)79)109-115(91,121)97-19-38-33(10-43(104-38)76-15-27(3)54(82)72-60(76)87)110-116(92,122)99-20-39-34(11-44(105-39)77-16-28(4)55(83)73-61(77)88)111-117(93,123)100-21-40-35(12-45(106-40)78-17-29(5)56(84)74-62(78)89)112-118(94,124)101-22-41-36(13-47(107-41)80-25-68-49-52(80)69-58(64)70-57(49)85)113-119(95,125)98-18-37-32(108-114(90,120)96-6)9-42(103-37)75-14-26(2)53(81)71-59(75)86;1-2/h14-17,23-25,30-47H,7-13,18-22H2,1-6H3,(H,90,120)(H,91,121)(H,92,122)(H,93,123)(H,94,124)(H,95,125)(H2,63,65,66)(H,71,81,86)(H,72,82,87)(H,73,83,88)(H,74,84,89)(H3,64,69,70,85);1-2H3/t30-,31-,32-,33-,34-,35-,36-,37-,38-,39-,40-,41-,42-,43-,44-,45-,46-,47-,114?,115?,116?,117?,118?,119?;/m1./s1. The molecule has 24 atom stereocenters. The van der Waals surface area contributed by atoms with E-state index < -0.39 is 247 Å². The van der Waals surface area contributed by atoms with Gasteiger partial charge in [-0.1, -0.05) is 33.0 Å². The number of H-pyrrole nitrogens is 5. The molecule has 14 rings (SSSR count). The highest BCUT2D eigenvalue weighted by Crippen LogP contribution is 2.60. The van der Waals surface area contributed by atoms with E-state index in [0.29, 0.717) is 17.6 Å². The third kappa shape index (κ3) is 23.5. The van der Waals surface area contributed by atoms with Crippen LogP contribution in [-0.2, 0) is 146 Å². The second kappa shape index (κ2) is 40.1. The van der Waals surface area contributed by atoms with Crippen LogP contribution in [0.25, 0.3) is 22.3 Å². The number of aromatic nitrogens is 16. The van der Waals surface area contributed by atoms with Crippen LogP contribution in [0, 0.1) is 27.7 Å². The van der Waals surface area contributed by atoms with Crippen molar-refractivity contribution in [2.75, 3.05) is 51.6 Å². The highest BCUT2D eigenvalue weighted by molar-refractivity contribution is 8.44. The van der Waals surface area contributed by atoms with E-state index >= 15 is 0 Å². The van der Waals surface area contributed by atoms with Crippen molar-refractivity contribution >= 4 is 146 Å². The van der Waals surface area contributed by atoms with Crippen LogP contribution >= 0.6 is 52.6 Å². The van der Waals surface area contributed by atoms with Crippen molar-refractivity contribution in [2.45, 2.75) is 204 Å². The second-order valence-corrected chi connectivity index (χ2v) is 46.1. The Morgan fingerprint density at radius 2 is 0.709 bits per heavy atom. The Morgan fingerprint density at radius 1 is 0.417 bits per heavy atom. The highest BCUT2D eigenvalue weighted by Gasteiger charge is 2.51. The van der Waals surface area contributed by atoms with Gasteiger partial charge in [-0.25, -0.2) is 43.7 Å². The fraction of sp³-hybridized carbons (Fsp3) is 0.594. The zero-order chi connectivity index (χ0) is 92.1. The largest absolute Gasteiger partial charge is 0.386 e. The molecule has 0 bridgehead atoms. The van der Waals surface area contributed by atoms with Crippen LogP contribution in [-0.4, -0.2) is 215 Å². The summed E-state index contributed by atoms with van der Waals surface area (Å²) in [7, 11) is 1.10. The van der Waals surface area contributed by atoms with Gasteiger partial charge in [0.25, 0.3) is 27.8 Å². The summed E-state index contributed by atoms with van der Waals surface area (Å²) in [4.78, 5) is 207. The maximum Gasteiger partial charge on any atom is 0.386 e. The summed E-state index contributed by atoms with van der Waals surface area (Å²) in [6.45, 7) is -19.3. The molecule has 8 aromatic heterocycles. The smallest absolute Gasteiger partial charge is 0.382 e. The van der Waals surface area contributed by atoms with Crippen molar-refractivity contribution in [1.82, 2.24) is 77.2 Å². The zero-order valence-electron chi connectivity index (χ0n) is 67.8. The summed E-state index contributed by atoms with van der Waals surface area (Å²) in [6, 6.07) is 0. The van der Waals surface area contributed by atoms with Gasteiger partial charge in [0.1, 0.15) is 85.8 Å². The predicted molar refractivity (Wildman–Crippen MR) is 464 cm³/mol. The number of ether oxygens (including phenoxy) is 6. The summed E-state index contributed by atoms with van der Waals surface area (Å²) >= 11 is 31.7. The van der Waals surface area contributed by atoms with E-state index in [2.05, 4.69) is 62.1 Å². The molecule has 0 spiro atoms. The first-order valence-corrected chi connectivity index (χ1v) is 54.2. The quantitative estimate of drug-likeness (QED) is 0.0199. The lowest BCUT2D eigenvalue weighted by atomic mass is 10.1. The minimum Gasteiger partial charge on any atom is -0.382 e. The first kappa shape index (κ1) is 98.6. The molecule has 6 saturated heterocycles. The topological polar surface area (TPSA) is 663 Å². The number of thiol groups is 1. The van der Waals surface area contributed by atoms with Crippen LogP contribution < -0.4 is 62.0 Å². The monoisotopic (exact) mass is 2010 g/mol. The van der Waals surface area contributed by atoms with Gasteiger partial charge in [0, 0.05) is 92.7 Å². The average Bonchev–Trinajstić information content (AvgIpc) is 1.64. The number of aryl methyl sites for hydroxylation is 4. The van der Waals surface area contributed by atoms with Gasteiger partial charge in [-0.15, -0.1) is 0 Å². The van der Waals surface area contributed by atoms with Crippen molar-refractivity contribution < 1.29 is 112 Å². The Hall–Kier alpha value is -5.87. The Balaban J connectivity index is 0.00000685. The van der Waals surface area contributed by atoms with Crippen LogP contribution in [0.1, 0.15) is 125 Å². The molecule has 698 valence electrons. The van der Waals surface area contributed by atoms with E-state index in [-0.39, 0.29) is 70.9 Å². The SMILES string of the molecule is CC.CC[C@H]1O[C@@H](n2cnc3c(N)ncnc32)C[C@H]1OP(O)(=S)OC[C@H]1O[C@@H](n2cc(C)c(=O)[nH]c2=O)C[C@H]1OP(=O)(S)OC[C@H]1O[C@@H](n2cc(C)c(=O)[nH]c2=O)C[C@H]1OP(O)(=S)OC[C@H]1O[C@@H](n2cc(C)c(=O)[nH]c2=O)C[C@H]1OP(O)(=S)OC[C@H]1O[C@@H](n2cnc3c(=O)[nH]c(N)nc32)C[C@H]1OP(O)(=S)OC[C@H]1O[C@@H](n2cc(C)c(=O)[nH]c2=O)C[C@H]1OP(O)(=S)OC. The second-order valence-electron chi connectivity index (χ2n) is 29.2. The maximum absolute atomic E-state index is 14.7. The summed E-state index contributed by atoms with van der Waals surface area (Å²) in [6.07, 6.45) is -15.2. The molecule has 0 radical (unpaired) electrons. The molecule has 8 aromatic rings. The van der Waals surface area contributed by atoms with Crippen LogP contribution in [0.3, 0.4) is 0 Å². The summed E-state index contributed by atoms with van der Waals surface area (Å²) in [5, 5.41) is 0. The number of hydrogen-bond acceptors (Lipinski definition) is 40. The van der Waals surface area contributed by atoms with Crippen LogP contribution in [0.2, 0.25) is 0 Å². The fourth-order valence-electron chi connectivity index (χ4n) is 14.5. The molecule has 0 aromatic carbocycles. The number of nitrogens with zero attached hydrogens (tertiary/aromatic N) is 11. The number of aromatic amines is 5. The molecule has 14 heterocycles. The summed E-state index contributed by atoms with van der Waals surface area (Å²) in [5.41, 5.74) is 5.44. The van der Waals surface area contributed by atoms with E-state index in [0.717, 1.165) is 25.4 Å². The summed E-state index contributed by atoms with van der Waals surface area (Å²) < 4.78 is 130. The third-order valence-corrected chi connectivity index (χ3v) is 30.3. The molecular weight excluding hydrogens is 1930 g/mol.